The van der Waals surface area contributed by atoms with Gasteiger partial charge in [-0.25, -0.2) is 14.2 Å². The first-order valence-corrected chi connectivity index (χ1v) is 10.1. The van der Waals surface area contributed by atoms with Crippen LogP contribution in [0.2, 0.25) is 0 Å². The van der Waals surface area contributed by atoms with Gasteiger partial charge in [-0.15, -0.1) is 11.3 Å². The minimum atomic E-state index is -0.495. The maximum atomic E-state index is 12.9. The third-order valence-corrected chi connectivity index (χ3v) is 4.89. The molecule has 3 rings (SSSR count). The number of carbonyl (C=O) groups is 2. The molecule has 3 N–H and O–H groups in total. The lowest BCUT2D eigenvalue weighted by Gasteiger charge is -2.06. The number of ether oxygens (including phenoxy) is 1. The average molecular weight is 428 g/mol. The monoisotopic (exact) mass is 428 g/mol. The van der Waals surface area contributed by atoms with Gasteiger partial charge in [0.1, 0.15) is 11.6 Å². The highest BCUT2D eigenvalue weighted by Crippen LogP contribution is 2.17. The third-order valence-electron chi connectivity index (χ3n) is 4.09. The van der Waals surface area contributed by atoms with Gasteiger partial charge in [-0.3, -0.25) is 10.1 Å². The molecule has 0 aliphatic rings. The fourth-order valence-electron chi connectivity index (χ4n) is 2.64. The van der Waals surface area contributed by atoms with E-state index in [-0.39, 0.29) is 18.1 Å². The summed E-state index contributed by atoms with van der Waals surface area (Å²) in [5, 5.41) is 10.1. The van der Waals surface area contributed by atoms with Gasteiger partial charge < -0.3 is 15.4 Å². The molecule has 1 heterocycles. The lowest BCUT2D eigenvalue weighted by molar-refractivity contribution is -0.120. The quantitative estimate of drug-likeness (QED) is 0.508. The lowest BCUT2D eigenvalue weighted by atomic mass is 10.1. The molecule has 0 spiro atoms. The molecule has 7 nitrogen and oxygen atoms in total. The van der Waals surface area contributed by atoms with Crippen LogP contribution < -0.4 is 20.7 Å². The van der Waals surface area contributed by atoms with Crippen LogP contribution in [0.4, 0.5) is 20.0 Å². The highest BCUT2D eigenvalue weighted by atomic mass is 32.1. The fraction of sp³-hybridized carbons (Fsp3) is 0.190. The summed E-state index contributed by atoms with van der Waals surface area (Å²) in [5.74, 6) is 0.252. The number of hydrogen-bond donors (Lipinski definition) is 3. The number of amides is 3. The summed E-state index contributed by atoms with van der Waals surface area (Å²) < 4.78 is 18.1. The van der Waals surface area contributed by atoms with Crippen molar-refractivity contribution in [2.24, 2.45) is 0 Å². The maximum absolute atomic E-state index is 12.9. The van der Waals surface area contributed by atoms with Gasteiger partial charge in [0.2, 0.25) is 5.91 Å². The Morgan fingerprint density at radius 1 is 1.13 bits per heavy atom. The second kappa shape index (κ2) is 10.4. The number of nitrogens with zero attached hydrogens (tertiary/aromatic N) is 1. The molecule has 0 unspecified atom stereocenters. The number of methoxy groups -OCH3 is 1. The van der Waals surface area contributed by atoms with E-state index in [1.165, 1.54) is 35.6 Å². The van der Waals surface area contributed by atoms with Crippen LogP contribution in [0.1, 0.15) is 11.3 Å². The van der Waals surface area contributed by atoms with E-state index in [9.17, 15) is 14.0 Å². The number of nitrogens with one attached hydrogen (secondary N) is 3. The number of benzene rings is 2. The van der Waals surface area contributed by atoms with Crippen molar-refractivity contribution in [2.75, 3.05) is 24.3 Å². The van der Waals surface area contributed by atoms with Gasteiger partial charge in [0.15, 0.2) is 5.13 Å². The lowest BCUT2D eigenvalue weighted by Crippen LogP contribution is -2.27. The summed E-state index contributed by atoms with van der Waals surface area (Å²) in [5.41, 5.74) is 2.10. The van der Waals surface area contributed by atoms with Crippen LogP contribution in [-0.2, 0) is 17.6 Å². The van der Waals surface area contributed by atoms with Gasteiger partial charge >= 0.3 is 6.03 Å². The molecule has 30 heavy (non-hydrogen) atoms. The van der Waals surface area contributed by atoms with Gasteiger partial charge in [0, 0.05) is 17.6 Å². The van der Waals surface area contributed by atoms with Gasteiger partial charge in [-0.1, -0.05) is 12.1 Å². The number of aromatic nitrogens is 1. The third kappa shape index (κ3) is 6.56. The number of urea groups is 1. The van der Waals surface area contributed by atoms with E-state index >= 15 is 0 Å². The summed E-state index contributed by atoms with van der Waals surface area (Å²) in [6, 6.07) is 12.6. The molecule has 0 aliphatic carbocycles. The van der Waals surface area contributed by atoms with E-state index in [1.807, 2.05) is 24.3 Å². The average Bonchev–Trinajstić information content (AvgIpc) is 3.16. The Labute approximate surface area is 177 Å². The van der Waals surface area contributed by atoms with E-state index in [0.717, 1.165) is 11.3 Å². The normalized spacial score (nSPS) is 10.3. The Bertz CT molecular complexity index is 1010. The van der Waals surface area contributed by atoms with Crippen molar-refractivity contribution >= 4 is 34.1 Å². The summed E-state index contributed by atoms with van der Waals surface area (Å²) in [6.07, 6.45) is 0.812. The second-order valence-electron chi connectivity index (χ2n) is 6.36. The molecule has 0 atom stereocenters. The van der Waals surface area contributed by atoms with E-state index in [0.29, 0.717) is 29.5 Å². The summed E-state index contributed by atoms with van der Waals surface area (Å²) in [4.78, 5) is 28.4. The molecule has 1 aromatic heterocycles. The number of hydrogen-bond acceptors (Lipinski definition) is 5. The van der Waals surface area contributed by atoms with Gasteiger partial charge in [-0.05, 0) is 48.4 Å². The molecule has 0 fully saturated rings. The molecule has 3 amide bonds. The molecule has 0 saturated carbocycles. The Balaban J connectivity index is 1.42. The first-order chi connectivity index (χ1) is 14.5. The summed E-state index contributed by atoms with van der Waals surface area (Å²) in [6.45, 7) is 0.501. The predicted molar refractivity (Wildman–Crippen MR) is 115 cm³/mol. The SMILES string of the molecule is COc1cccc(CCNC(=O)Cc2csc(NC(=O)Nc3ccc(F)cc3)n2)c1. The second-order valence-corrected chi connectivity index (χ2v) is 7.22. The number of rotatable bonds is 8. The first-order valence-electron chi connectivity index (χ1n) is 9.19. The summed E-state index contributed by atoms with van der Waals surface area (Å²) in [7, 11) is 1.62. The van der Waals surface area contributed by atoms with Crippen molar-refractivity contribution in [3.8, 4) is 5.75 Å². The zero-order chi connectivity index (χ0) is 21.3. The molecule has 0 radical (unpaired) electrons. The molecular formula is C21H21FN4O3S. The van der Waals surface area contributed by atoms with E-state index in [2.05, 4.69) is 20.9 Å². The smallest absolute Gasteiger partial charge is 0.325 e. The number of anilines is 2. The number of carbonyl (C=O) groups excluding carboxylic acids is 2. The minimum Gasteiger partial charge on any atom is -0.497 e. The molecule has 0 aliphatic heterocycles. The van der Waals surface area contributed by atoms with Crippen LogP contribution in [-0.4, -0.2) is 30.6 Å². The minimum absolute atomic E-state index is 0.121. The van der Waals surface area contributed by atoms with Crippen molar-refractivity contribution < 1.29 is 18.7 Å². The number of thiazole rings is 1. The van der Waals surface area contributed by atoms with E-state index in [1.54, 1.807) is 12.5 Å². The number of halogens is 1. The Morgan fingerprint density at radius 3 is 2.70 bits per heavy atom. The van der Waals surface area contributed by atoms with Crippen molar-refractivity contribution in [1.82, 2.24) is 10.3 Å². The van der Waals surface area contributed by atoms with Crippen molar-refractivity contribution in [3.63, 3.8) is 0 Å². The van der Waals surface area contributed by atoms with Crippen LogP contribution in [0, 0.1) is 5.82 Å². The van der Waals surface area contributed by atoms with Crippen LogP contribution >= 0.6 is 11.3 Å². The molecule has 3 aromatic rings. The Morgan fingerprint density at radius 2 is 1.93 bits per heavy atom. The van der Waals surface area contributed by atoms with Gasteiger partial charge in [0.05, 0.1) is 19.2 Å². The molecule has 156 valence electrons. The topological polar surface area (TPSA) is 92.4 Å². The summed E-state index contributed by atoms with van der Waals surface area (Å²) >= 11 is 1.22. The highest BCUT2D eigenvalue weighted by Gasteiger charge is 2.10. The van der Waals surface area contributed by atoms with Gasteiger partial charge in [0.25, 0.3) is 0 Å². The molecular weight excluding hydrogens is 407 g/mol. The van der Waals surface area contributed by atoms with Gasteiger partial charge in [-0.2, -0.15) is 0 Å². The zero-order valence-electron chi connectivity index (χ0n) is 16.3. The van der Waals surface area contributed by atoms with Crippen LogP contribution in [0.5, 0.6) is 5.75 Å². The highest BCUT2D eigenvalue weighted by molar-refractivity contribution is 7.14. The Hall–Kier alpha value is -3.46. The van der Waals surface area contributed by atoms with Crippen molar-refractivity contribution in [3.05, 3.63) is 71.0 Å². The first kappa shape index (κ1) is 21.3. The van der Waals surface area contributed by atoms with E-state index in [4.69, 9.17) is 4.74 Å². The fourth-order valence-corrected chi connectivity index (χ4v) is 3.34. The molecule has 2 aromatic carbocycles. The van der Waals surface area contributed by atoms with Crippen LogP contribution in [0.25, 0.3) is 0 Å². The van der Waals surface area contributed by atoms with Crippen molar-refractivity contribution in [2.45, 2.75) is 12.8 Å². The van der Waals surface area contributed by atoms with Crippen molar-refractivity contribution in [1.29, 1.82) is 0 Å². The van der Waals surface area contributed by atoms with Crippen LogP contribution in [0.3, 0.4) is 0 Å². The maximum Gasteiger partial charge on any atom is 0.325 e. The molecule has 0 saturated heterocycles. The predicted octanol–water partition coefficient (Wildman–Crippen LogP) is 3.84. The van der Waals surface area contributed by atoms with Crippen LogP contribution in [0.15, 0.2) is 53.9 Å². The standard InChI is InChI=1S/C21H21FN4O3S/c1-29-18-4-2-3-14(11-18)9-10-23-19(27)12-17-13-30-21(25-17)26-20(28)24-16-7-5-15(22)6-8-16/h2-8,11,13H,9-10,12H2,1H3,(H,23,27)(H2,24,25,26,28). The van der Waals surface area contributed by atoms with E-state index < -0.39 is 6.03 Å². The molecule has 0 bridgehead atoms. The largest absolute Gasteiger partial charge is 0.497 e. The molecule has 9 heteroatoms. The zero-order valence-corrected chi connectivity index (χ0v) is 17.1. The Kier molecular flexibility index (Phi) is 7.34.